The number of hydrogen-bond acceptors (Lipinski definition) is 3. The summed E-state index contributed by atoms with van der Waals surface area (Å²) in [6.45, 7) is 2.07. The molecule has 0 bridgehead atoms. The van der Waals surface area contributed by atoms with Crippen LogP contribution in [-0.2, 0) is 0 Å². The molecule has 1 aromatic heterocycles. The molecule has 0 aliphatic rings. The van der Waals surface area contributed by atoms with E-state index in [0.717, 1.165) is 25.3 Å². The van der Waals surface area contributed by atoms with Crippen LogP contribution in [0.1, 0.15) is 5.56 Å². The maximum Gasteiger partial charge on any atom is 0.128 e. The first kappa shape index (κ1) is 11.7. The first-order valence-corrected chi connectivity index (χ1v) is 7.10. The molecule has 4 heteroatoms. The van der Waals surface area contributed by atoms with Crippen molar-refractivity contribution in [3.05, 3.63) is 46.4 Å². The summed E-state index contributed by atoms with van der Waals surface area (Å²) in [5, 5.41) is 10.8. The van der Waals surface area contributed by atoms with Crippen molar-refractivity contribution in [2.24, 2.45) is 0 Å². The third kappa shape index (κ3) is 2.02. The normalized spacial score (nSPS) is 11.0. The first-order chi connectivity index (χ1) is 8.63. The smallest absolute Gasteiger partial charge is 0.128 e. The highest BCUT2D eigenvalue weighted by Gasteiger charge is 2.10. The molecule has 0 saturated heterocycles. The molecular weight excluding hydrogens is 310 g/mol. The Balaban J connectivity index is 2.19. The van der Waals surface area contributed by atoms with E-state index >= 15 is 0 Å². The van der Waals surface area contributed by atoms with Crippen molar-refractivity contribution in [1.29, 1.82) is 0 Å². The van der Waals surface area contributed by atoms with Gasteiger partial charge in [-0.1, -0.05) is 22.0 Å². The summed E-state index contributed by atoms with van der Waals surface area (Å²) < 4.78 is 2.01. The SMILES string of the molecule is Cc1ccc2nc(-c3ccc(Br)cc3O)sc2c1. The zero-order valence-corrected chi connectivity index (χ0v) is 12.0. The van der Waals surface area contributed by atoms with Crippen LogP contribution < -0.4 is 0 Å². The van der Waals surface area contributed by atoms with Crippen LogP contribution in [0.3, 0.4) is 0 Å². The number of aromatic hydroxyl groups is 1. The van der Waals surface area contributed by atoms with Crippen LogP contribution in [0.15, 0.2) is 40.9 Å². The lowest BCUT2D eigenvalue weighted by Crippen LogP contribution is -1.77. The molecule has 0 aliphatic heterocycles. The molecule has 1 heterocycles. The van der Waals surface area contributed by atoms with Gasteiger partial charge >= 0.3 is 0 Å². The predicted octanol–water partition coefficient (Wildman–Crippen LogP) is 4.74. The van der Waals surface area contributed by atoms with Gasteiger partial charge in [-0.3, -0.25) is 0 Å². The van der Waals surface area contributed by atoms with E-state index in [1.807, 2.05) is 24.3 Å². The highest BCUT2D eigenvalue weighted by molar-refractivity contribution is 9.10. The van der Waals surface area contributed by atoms with Gasteiger partial charge in [0.1, 0.15) is 10.8 Å². The zero-order chi connectivity index (χ0) is 12.7. The van der Waals surface area contributed by atoms with Crippen LogP contribution in [0.5, 0.6) is 5.75 Å². The predicted molar refractivity (Wildman–Crippen MR) is 79.2 cm³/mol. The molecule has 0 unspecified atom stereocenters. The fourth-order valence-electron chi connectivity index (χ4n) is 1.83. The third-order valence-electron chi connectivity index (χ3n) is 2.73. The molecule has 0 spiro atoms. The van der Waals surface area contributed by atoms with E-state index in [1.54, 1.807) is 17.4 Å². The van der Waals surface area contributed by atoms with Crippen molar-refractivity contribution in [3.8, 4) is 16.3 Å². The van der Waals surface area contributed by atoms with Crippen LogP contribution in [0.2, 0.25) is 0 Å². The molecule has 0 aliphatic carbocycles. The fourth-order valence-corrected chi connectivity index (χ4v) is 3.28. The van der Waals surface area contributed by atoms with Gasteiger partial charge in [0, 0.05) is 4.47 Å². The van der Waals surface area contributed by atoms with E-state index in [1.165, 1.54) is 5.56 Å². The van der Waals surface area contributed by atoms with E-state index in [4.69, 9.17) is 0 Å². The average Bonchev–Trinajstić information content (AvgIpc) is 2.71. The summed E-state index contributed by atoms with van der Waals surface area (Å²) in [5.41, 5.74) is 2.97. The molecule has 0 amide bonds. The Morgan fingerprint density at radius 3 is 2.78 bits per heavy atom. The minimum Gasteiger partial charge on any atom is -0.507 e. The highest BCUT2D eigenvalue weighted by Crippen LogP contribution is 2.36. The molecule has 0 fully saturated rings. The Hall–Kier alpha value is -1.39. The van der Waals surface area contributed by atoms with Crippen LogP contribution in [0.4, 0.5) is 0 Å². The fraction of sp³-hybridized carbons (Fsp3) is 0.0714. The Morgan fingerprint density at radius 2 is 2.00 bits per heavy atom. The van der Waals surface area contributed by atoms with Crippen LogP contribution in [-0.4, -0.2) is 10.1 Å². The maximum absolute atomic E-state index is 9.96. The number of aryl methyl sites for hydroxylation is 1. The van der Waals surface area contributed by atoms with Gasteiger partial charge in [-0.2, -0.15) is 0 Å². The van der Waals surface area contributed by atoms with E-state index in [2.05, 4.69) is 33.9 Å². The number of benzene rings is 2. The maximum atomic E-state index is 9.96. The number of phenolic OH excluding ortho intramolecular Hbond substituents is 1. The van der Waals surface area contributed by atoms with Crippen molar-refractivity contribution >= 4 is 37.5 Å². The van der Waals surface area contributed by atoms with Crippen LogP contribution in [0.25, 0.3) is 20.8 Å². The average molecular weight is 320 g/mol. The summed E-state index contributed by atoms with van der Waals surface area (Å²) in [4.78, 5) is 4.56. The number of thiazole rings is 1. The number of nitrogens with zero attached hydrogens (tertiary/aromatic N) is 1. The second kappa shape index (κ2) is 4.37. The number of aromatic nitrogens is 1. The summed E-state index contributed by atoms with van der Waals surface area (Å²) >= 11 is 4.93. The van der Waals surface area contributed by atoms with E-state index in [9.17, 15) is 5.11 Å². The largest absolute Gasteiger partial charge is 0.507 e. The molecule has 18 heavy (non-hydrogen) atoms. The lowest BCUT2D eigenvalue weighted by atomic mass is 10.2. The van der Waals surface area contributed by atoms with Gasteiger partial charge in [-0.25, -0.2) is 4.98 Å². The Labute approximate surface area is 117 Å². The summed E-state index contributed by atoms with van der Waals surface area (Å²) in [6, 6.07) is 11.7. The van der Waals surface area contributed by atoms with E-state index < -0.39 is 0 Å². The van der Waals surface area contributed by atoms with Crippen LogP contribution in [0, 0.1) is 6.92 Å². The van der Waals surface area contributed by atoms with Gasteiger partial charge in [0.05, 0.1) is 15.8 Å². The van der Waals surface area contributed by atoms with Crippen LogP contribution >= 0.6 is 27.3 Å². The first-order valence-electron chi connectivity index (χ1n) is 5.49. The topological polar surface area (TPSA) is 33.1 Å². The summed E-state index contributed by atoms with van der Waals surface area (Å²) in [5.74, 6) is 0.250. The van der Waals surface area contributed by atoms with E-state index in [-0.39, 0.29) is 5.75 Å². The minimum atomic E-state index is 0.250. The van der Waals surface area contributed by atoms with Gasteiger partial charge in [0.2, 0.25) is 0 Å². The minimum absolute atomic E-state index is 0.250. The standard InChI is InChI=1S/C14H10BrNOS/c1-8-2-5-11-13(6-8)18-14(16-11)10-4-3-9(15)7-12(10)17/h2-7,17H,1H3. The molecule has 90 valence electrons. The van der Waals surface area contributed by atoms with Gasteiger partial charge in [-0.15, -0.1) is 11.3 Å². The van der Waals surface area contributed by atoms with Crippen molar-refractivity contribution in [3.63, 3.8) is 0 Å². The second-order valence-electron chi connectivity index (χ2n) is 4.15. The van der Waals surface area contributed by atoms with Gasteiger partial charge in [0.25, 0.3) is 0 Å². The van der Waals surface area contributed by atoms with Crippen molar-refractivity contribution in [2.75, 3.05) is 0 Å². The lowest BCUT2D eigenvalue weighted by molar-refractivity contribution is 0.477. The Bertz CT molecular complexity index is 736. The number of halogens is 1. The van der Waals surface area contributed by atoms with Crippen molar-refractivity contribution in [1.82, 2.24) is 4.98 Å². The number of hydrogen-bond donors (Lipinski definition) is 1. The van der Waals surface area contributed by atoms with Crippen molar-refractivity contribution < 1.29 is 5.11 Å². The molecule has 0 atom stereocenters. The van der Waals surface area contributed by atoms with Crippen molar-refractivity contribution in [2.45, 2.75) is 6.92 Å². The molecule has 0 radical (unpaired) electrons. The lowest BCUT2D eigenvalue weighted by Gasteiger charge is -2.00. The third-order valence-corrected chi connectivity index (χ3v) is 4.28. The van der Waals surface area contributed by atoms with Gasteiger partial charge in [0.15, 0.2) is 0 Å². The summed E-state index contributed by atoms with van der Waals surface area (Å²) in [7, 11) is 0. The Kier molecular flexibility index (Phi) is 2.84. The monoisotopic (exact) mass is 319 g/mol. The molecular formula is C14H10BrNOS. The highest BCUT2D eigenvalue weighted by atomic mass is 79.9. The Morgan fingerprint density at radius 1 is 1.17 bits per heavy atom. The second-order valence-corrected chi connectivity index (χ2v) is 6.10. The molecule has 2 nitrogen and oxygen atoms in total. The quantitative estimate of drug-likeness (QED) is 0.702. The zero-order valence-electron chi connectivity index (χ0n) is 9.64. The molecule has 3 rings (SSSR count). The number of rotatable bonds is 1. The number of fused-ring (bicyclic) bond motifs is 1. The molecule has 0 saturated carbocycles. The molecule has 3 aromatic rings. The van der Waals surface area contributed by atoms with Gasteiger partial charge < -0.3 is 5.11 Å². The molecule has 2 aromatic carbocycles. The van der Waals surface area contributed by atoms with Gasteiger partial charge in [-0.05, 0) is 42.8 Å². The van der Waals surface area contributed by atoms with E-state index in [0.29, 0.717) is 0 Å². The molecule has 1 N–H and O–H groups in total. The summed E-state index contributed by atoms with van der Waals surface area (Å²) in [6.07, 6.45) is 0. The number of phenols is 1.